The van der Waals surface area contributed by atoms with Crippen molar-refractivity contribution in [2.24, 2.45) is 0 Å². The summed E-state index contributed by atoms with van der Waals surface area (Å²) in [6, 6.07) is 17.1. The Hall–Kier alpha value is -4.05. The Bertz CT molecular complexity index is 1420. The van der Waals surface area contributed by atoms with Crippen LogP contribution in [0.25, 0.3) is 11.0 Å². The lowest BCUT2D eigenvalue weighted by Crippen LogP contribution is -2.14. The van der Waals surface area contributed by atoms with Crippen molar-refractivity contribution in [1.29, 1.82) is 0 Å². The first kappa shape index (κ1) is 21.2. The molecule has 0 aliphatic heterocycles. The fourth-order valence-corrected chi connectivity index (χ4v) is 4.16. The van der Waals surface area contributed by atoms with Crippen LogP contribution in [0.1, 0.15) is 17.3 Å². The van der Waals surface area contributed by atoms with Gasteiger partial charge in [0.1, 0.15) is 5.75 Å². The smallest absolute Gasteiger partial charge is 0.323 e. The van der Waals surface area contributed by atoms with Crippen LogP contribution in [0.2, 0.25) is 0 Å². The van der Waals surface area contributed by atoms with Gasteiger partial charge in [0.25, 0.3) is 15.9 Å². The van der Waals surface area contributed by atoms with Gasteiger partial charge in [0.05, 0.1) is 22.5 Å². The van der Waals surface area contributed by atoms with Crippen molar-refractivity contribution < 1.29 is 17.9 Å². The lowest BCUT2D eigenvalue weighted by Gasteiger charge is -2.10. The normalized spacial score (nSPS) is 11.3. The Labute approximate surface area is 183 Å². The van der Waals surface area contributed by atoms with Gasteiger partial charge >= 0.3 is 5.69 Å². The van der Waals surface area contributed by atoms with Gasteiger partial charge in [0.15, 0.2) is 0 Å². The first-order chi connectivity index (χ1) is 15.3. The zero-order valence-electron chi connectivity index (χ0n) is 17.0. The van der Waals surface area contributed by atoms with Crippen molar-refractivity contribution in [3.63, 3.8) is 0 Å². The van der Waals surface area contributed by atoms with E-state index in [2.05, 4.69) is 20.0 Å². The van der Waals surface area contributed by atoms with Crippen molar-refractivity contribution in [3.05, 3.63) is 82.8 Å². The van der Waals surface area contributed by atoms with Gasteiger partial charge in [0, 0.05) is 16.9 Å². The number of amides is 1. The molecule has 164 valence electrons. The molecule has 0 saturated heterocycles. The number of aromatic amines is 2. The van der Waals surface area contributed by atoms with Gasteiger partial charge in [-0.25, -0.2) is 13.2 Å². The Balaban J connectivity index is 1.45. The monoisotopic (exact) mass is 452 g/mol. The van der Waals surface area contributed by atoms with E-state index < -0.39 is 15.9 Å². The third kappa shape index (κ3) is 4.65. The second-order valence-electron chi connectivity index (χ2n) is 6.88. The van der Waals surface area contributed by atoms with Crippen LogP contribution in [0, 0.1) is 0 Å². The minimum atomic E-state index is -3.82. The fourth-order valence-electron chi connectivity index (χ4n) is 3.10. The summed E-state index contributed by atoms with van der Waals surface area (Å²) >= 11 is 0. The van der Waals surface area contributed by atoms with Crippen molar-refractivity contribution in [2.75, 3.05) is 16.6 Å². The molecule has 4 aromatic rings. The largest absolute Gasteiger partial charge is 0.494 e. The molecule has 0 bridgehead atoms. The minimum absolute atomic E-state index is 0.0225. The van der Waals surface area contributed by atoms with Crippen molar-refractivity contribution in [2.45, 2.75) is 11.8 Å². The number of hydrogen-bond donors (Lipinski definition) is 4. The molecular formula is C22H20N4O5S. The van der Waals surface area contributed by atoms with Crippen LogP contribution in [-0.4, -0.2) is 30.9 Å². The van der Waals surface area contributed by atoms with Crippen molar-refractivity contribution in [3.8, 4) is 5.75 Å². The molecule has 0 atom stereocenters. The Morgan fingerprint density at radius 2 is 1.56 bits per heavy atom. The highest BCUT2D eigenvalue weighted by molar-refractivity contribution is 7.92. The fraction of sp³-hybridized carbons (Fsp3) is 0.0909. The van der Waals surface area contributed by atoms with E-state index in [4.69, 9.17) is 4.74 Å². The molecule has 9 nitrogen and oxygen atoms in total. The zero-order chi connectivity index (χ0) is 22.7. The quantitative estimate of drug-likeness (QED) is 0.341. The number of carbonyl (C=O) groups excluding carboxylic acids is 1. The number of anilines is 2. The minimum Gasteiger partial charge on any atom is -0.494 e. The first-order valence-corrected chi connectivity index (χ1v) is 11.2. The van der Waals surface area contributed by atoms with Crippen LogP contribution in [0.5, 0.6) is 5.75 Å². The van der Waals surface area contributed by atoms with Crippen LogP contribution in [-0.2, 0) is 10.0 Å². The second-order valence-corrected chi connectivity index (χ2v) is 8.56. The molecule has 1 amide bonds. The summed E-state index contributed by atoms with van der Waals surface area (Å²) in [4.78, 5) is 29.1. The highest BCUT2D eigenvalue weighted by Crippen LogP contribution is 2.21. The standard InChI is InChI=1S/C22H20N4O5S/c1-2-31-17-8-5-15(6-9-17)26-32(29,30)18-10-3-14(4-11-18)21(27)23-16-7-12-19-20(13-16)25-22(28)24-19/h3-13,26H,2H2,1H3,(H,23,27)(H2,24,25,28). The molecule has 0 aliphatic carbocycles. The van der Waals surface area contributed by atoms with E-state index in [0.717, 1.165) is 0 Å². The van der Waals surface area contributed by atoms with E-state index in [9.17, 15) is 18.0 Å². The lowest BCUT2D eigenvalue weighted by atomic mass is 10.2. The van der Waals surface area contributed by atoms with Gasteiger partial charge in [-0.05, 0) is 73.7 Å². The molecule has 0 radical (unpaired) electrons. The molecule has 0 unspecified atom stereocenters. The topological polar surface area (TPSA) is 133 Å². The summed E-state index contributed by atoms with van der Waals surface area (Å²) in [5.74, 6) is 0.235. The molecule has 32 heavy (non-hydrogen) atoms. The number of nitrogens with one attached hydrogen (secondary N) is 4. The molecule has 0 fully saturated rings. The molecular weight excluding hydrogens is 432 g/mol. The van der Waals surface area contributed by atoms with E-state index in [1.165, 1.54) is 24.3 Å². The molecule has 0 spiro atoms. The molecule has 3 aromatic carbocycles. The molecule has 10 heteroatoms. The summed E-state index contributed by atoms with van der Waals surface area (Å²) in [6.07, 6.45) is 0. The van der Waals surface area contributed by atoms with Gasteiger partial charge in [0.2, 0.25) is 0 Å². The Morgan fingerprint density at radius 3 is 2.25 bits per heavy atom. The first-order valence-electron chi connectivity index (χ1n) is 9.73. The third-order valence-electron chi connectivity index (χ3n) is 4.62. The predicted molar refractivity (Wildman–Crippen MR) is 122 cm³/mol. The Kier molecular flexibility index (Phi) is 5.69. The summed E-state index contributed by atoms with van der Waals surface area (Å²) in [6.45, 7) is 2.38. The average molecular weight is 452 g/mol. The molecule has 1 heterocycles. The number of sulfonamides is 1. The maximum atomic E-state index is 12.6. The van der Waals surface area contributed by atoms with Crippen LogP contribution in [0.3, 0.4) is 0 Å². The van der Waals surface area contributed by atoms with Crippen molar-refractivity contribution in [1.82, 2.24) is 9.97 Å². The highest BCUT2D eigenvalue weighted by Gasteiger charge is 2.16. The number of ether oxygens (including phenoxy) is 1. The van der Waals surface area contributed by atoms with Gasteiger partial charge in [-0.2, -0.15) is 0 Å². The summed E-state index contributed by atoms with van der Waals surface area (Å²) < 4.78 is 33.1. The average Bonchev–Trinajstić information content (AvgIpc) is 3.14. The number of hydrogen-bond acceptors (Lipinski definition) is 5. The van der Waals surface area contributed by atoms with Crippen LogP contribution < -0.4 is 20.5 Å². The number of imidazole rings is 1. The molecule has 4 rings (SSSR count). The third-order valence-corrected chi connectivity index (χ3v) is 6.02. The number of carbonyl (C=O) groups is 1. The van der Waals surface area contributed by atoms with Crippen LogP contribution >= 0.6 is 0 Å². The van der Waals surface area contributed by atoms with Crippen LogP contribution in [0.15, 0.2) is 76.4 Å². The second kappa shape index (κ2) is 8.60. The molecule has 0 saturated carbocycles. The Morgan fingerprint density at radius 1 is 0.906 bits per heavy atom. The summed E-state index contributed by atoms with van der Waals surface area (Å²) in [7, 11) is -3.82. The summed E-state index contributed by atoms with van der Waals surface area (Å²) in [5.41, 5.74) is 2.03. The maximum absolute atomic E-state index is 12.6. The van der Waals surface area contributed by atoms with Crippen molar-refractivity contribution >= 4 is 38.3 Å². The highest BCUT2D eigenvalue weighted by atomic mass is 32.2. The van der Waals surface area contributed by atoms with E-state index in [0.29, 0.717) is 34.8 Å². The van der Waals surface area contributed by atoms with E-state index in [1.807, 2.05) is 6.92 Å². The lowest BCUT2D eigenvalue weighted by molar-refractivity contribution is 0.102. The van der Waals surface area contributed by atoms with Gasteiger partial charge in [-0.15, -0.1) is 0 Å². The SMILES string of the molecule is CCOc1ccc(NS(=O)(=O)c2ccc(C(=O)Nc3ccc4[nH]c(=O)[nH]c4c3)cc2)cc1. The van der Waals surface area contributed by atoms with E-state index >= 15 is 0 Å². The van der Waals surface area contributed by atoms with Gasteiger partial charge in [-0.1, -0.05) is 0 Å². The zero-order valence-corrected chi connectivity index (χ0v) is 17.8. The number of rotatable bonds is 7. The van der Waals surface area contributed by atoms with Crippen LogP contribution in [0.4, 0.5) is 11.4 Å². The predicted octanol–water partition coefficient (Wildman–Crippen LogP) is 3.31. The molecule has 1 aromatic heterocycles. The van der Waals surface area contributed by atoms with Gasteiger partial charge < -0.3 is 20.0 Å². The number of benzene rings is 3. The maximum Gasteiger partial charge on any atom is 0.323 e. The summed E-state index contributed by atoms with van der Waals surface area (Å²) in [5, 5.41) is 2.72. The van der Waals surface area contributed by atoms with E-state index in [-0.39, 0.29) is 16.1 Å². The van der Waals surface area contributed by atoms with E-state index in [1.54, 1.807) is 42.5 Å². The number of fused-ring (bicyclic) bond motifs is 1. The molecule has 4 N–H and O–H groups in total. The number of H-pyrrole nitrogens is 2. The number of aromatic nitrogens is 2. The molecule has 0 aliphatic rings. The van der Waals surface area contributed by atoms with Gasteiger partial charge in [-0.3, -0.25) is 9.52 Å².